The van der Waals surface area contributed by atoms with E-state index in [1.807, 2.05) is 13.0 Å². The fraction of sp³-hybridized carbons (Fsp3) is 0.0526. The predicted molar refractivity (Wildman–Crippen MR) is 96.4 cm³/mol. The van der Waals surface area contributed by atoms with Gasteiger partial charge in [-0.25, -0.2) is 8.91 Å². The molecule has 1 aromatic carbocycles. The molecule has 0 aliphatic rings. The van der Waals surface area contributed by atoms with E-state index in [9.17, 15) is 9.18 Å². The minimum absolute atomic E-state index is 0.00737. The highest BCUT2D eigenvalue weighted by molar-refractivity contribution is 6.02. The summed E-state index contributed by atoms with van der Waals surface area (Å²) in [5, 5.41) is 6.68. The summed E-state index contributed by atoms with van der Waals surface area (Å²) in [7, 11) is 0. The minimum Gasteiger partial charge on any atom is -0.434 e. The van der Waals surface area contributed by atoms with Crippen LogP contribution >= 0.6 is 0 Å². The summed E-state index contributed by atoms with van der Waals surface area (Å²) in [6, 6.07) is 11.0. The zero-order valence-electron chi connectivity index (χ0n) is 14.3. The topological polar surface area (TPSA) is 81.4 Å². The molecule has 0 aliphatic carbocycles. The van der Waals surface area contributed by atoms with Crippen molar-refractivity contribution in [3.8, 4) is 11.6 Å². The average Bonchev–Trinajstić information content (AvgIpc) is 3.07. The van der Waals surface area contributed by atoms with Crippen molar-refractivity contribution in [1.82, 2.24) is 19.6 Å². The maximum atomic E-state index is 14.5. The molecule has 0 atom stereocenters. The van der Waals surface area contributed by atoms with Crippen LogP contribution in [0.4, 0.5) is 10.1 Å². The Morgan fingerprint density at radius 2 is 2.07 bits per heavy atom. The van der Waals surface area contributed by atoms with Crippen LogP contribution < -0.4 is 10.1 Å². The first-order valence-electron chi connectivity index (χ1n) is 8.10. The van der Waals surface area contributed by atoms with Crippen LogP contribution in [0.15, 0.2) is 61.2 Å². The maximum absolute atomic E-state index is 14.5. The number of pyridine rings is 1. The van der Waals surface area contributed by atoms with Crippen LogP contribution in [0.5, 0.6) is 11.6 Å². The standard InChI is InChI=1S/C19H14FN5O2/c1-12-7-9-25-17(12)19(22-11-23-25)27-16-6-5-13(10-14(16)20)24-18(26)15-4-2-3-8-21-15/h2-11H,1H3,(H,24,26). The number of carbonyl (C=O) groups excluding carboxylic acids is 1. The molecular weight excluding hydrogens is 349 g/mol. The molecule has 1 amide bonds. The van der Waals surface area contributed by atoms with E-state index in [4.69, 9.17) is 4.74 Å². The minimum atomic E-state index is -0.630. The maximum Gasteiger partial charge on any atom is 0.274 e. The summed E-state index contributed by atoms with van der Waals surface area (Å²) in [5.41, 5.74) is 2.10. The van der Waals surface area contributed by atoms with Gasteiger partial charge < -0.3 is 10.1 Å². The van der Waals surface area contributed by atoms with Crippen LogP contribution in [-0.2, 0) is 0 Å². The molecule has 4 rings (SSSR count). The molecule has 0 spiro atoms. The second-order valence-electron chi connectivity index (χ2n) is 5.77. The van der Waals surface area contributed by atoms with Crippen LogP contribution in [0, 0.1) is 12.7 Å². The smallest absolute Gasteiger partial charge is 0.274 e. The number of anilines is 1. The first-order chi connectivity index (χ1) is 13.1. The quantitative estimate of drug-likeness (QED) is 0.599. The van der Waals surface area contributed by atoms with E-state index in [-0.39, 0.29) is 17.3 Å². The fourth-order valence-corrected chi connectivity index (χ4v) is 2.61. The number of aromatic nitrogens is 4. The number of aryl methyl sites for hydroxylation is 1. The Morgan fingerprint density at radius 1 is 1.19 bits per heavy atom. The number of fused-ring (bicyclic) bond motifs is 1. The summed E-state index contributed by atoms with van der Waals surface area (Å²) < 4.78 is 21.7. The number of benzene rings is 1. The van der Waals surface area contributed by atoms with Gasteiger partial charge in [0.1, 0.15) is 17.5 Å². The monoisotopic (exact) mass is 363 g/mol. The number of carbonyl (C=O) groups is 1. The van der Waals surface area contributed by atoms with Crippen molar-refractivity contribution in [1.29, 1.82) is 0 Å². The average molecular weight is 363 g/mol. The molecule has 3 aromatic heterocycles. The SMILES string of the molecule is Cc1ccn2ncnc(Oc3ccc(NC(=O)c4ccccn4)cc3F)c12. The Bertz CT molecular complexity index is 1130. The van der Waals surface area contributed by atoms with Gasteiger partial charge in [-0.15, -0.1) is 0 Å². The number of ether oxygens (including phenoxy) is 1. The number of halogens is 1. The third-order valence-electron chi connectivity index (χ3n) is 3.92. The van der Waals surface area contributed by atoms with Crippen LogP contribution in [0.3, 0.4) is 0 Å². The first-order valence-corrected chi connectivity index (χ1v) is 8.10. The van der Waals surface area contributed by atoms with Gasteiger partial charge in [-0.1, -0.05) is 6.07 Å². The van der Waals surface area contributed by atoms with E-state index in [0.717, 1.165) is 5.56 Å². The Labute approximate surface area is 153 Å². The molecule has 0 bridgehead atoms. The van der Waals surface area contributed by atoms with E-state index in [0.29, 0.717) is 11.2 Å². The molecule has 3 heterocycles. The Kier molecular flexibility index (Phi) is 4.21. The molecule has 1 N–H and O–H groups in total. The number of amides is 1. The normalized spacial score (nSPS) is 10.7. The summed E-state index contributed by atoms with van der Waals surface area (Å²) >= 11 is 0. The van der Waals surface area contributed by atoms with Crippen molar-refractivity contribution in [2.45, 2.75) is 6.92 Å². The van der Waals surface area contributed by atoms with E-state index >= 15 is 0 Å². The second-order valence-corrected chi connectivity index (χ2v) is 5.77. The van der Waals surface area contributed by atoms with Crippen molar-refractivity contribution in [3.63, 3.8) is 0 Å². The fourth-order valence-electron chi connectivity index (χ4n) is 2.61. The summed E-state index contributed by atoms with van der Waals surface area (Å²) in [6.45, 7) is 1.89. The van der Waals surface area contributed by atoms with Gasteiger partial charge in [0, 0.05) is 24.1 Å². The zero-order valence-corrected chi connectivity index (χ0v) is 14.3. The van der Waals surface area contributed by atoms with Crippen LogP contribution in [0.1, 0.15) is 16.1 Å². The molecule has 0 saturated heterocycles. The van der Waals surface area contributed by atoms with Gasteiger partial charge in [-0.2, -0.15) is 10.1 Å². The van der Waals surface area contributed by atoms with E-state index in [1.165, 1.54) is 24.7 Å². The lowest BCUT2D eigenvalue weighted by molar-refractivity contribution is 0.102. The van der Waals surface area contributed by atoms with Crippen molar-refractivity contribution in [2.75, 3.05) is 5.32 Å². The lowest BCUT2D eigenvalue weighted by Gasteiger charge is -2.10. The largest absolute Gasteiger partial charge is 0.434 e. The predicted octanol–water partition coefficient (Wildman–Crippen LogP) is 3.62. The number of hydrogen-bond acceptors (Lipinski definition) is 5. The number of nitrogens with one attached hydrogen (secondary N) is 1. The number of rotatable bonds is 4. The van der Waals surface area contributed by atoms with Gasteiger partial charge in [-0.3, -0.25) is 9.78 Å². The molecule has 8 heteroatoms. The Balaban J connectivity index is 1.57. The van der Waals surface area contributed by atoms with E-state index < -0.39 is 11.7 Å². The van der Waals surface area contributed by atoms with Gasteiger partial charge in [0.05, 0.1) is 0 Å². The molecule has 0 saturated carbocycles. The number of hydrogen-bond donors (Lipinski definition) is 1. The van der Waals surface area contributed by atoms with Gasteiger partial charge in [-0.05, 0) is 42.8 Å². The van der Waals surface area contributed by atoms with Gasteiger partial charge in [0.15, 0.2) is 11.6 Å². The van der Waals surface area contributed by atoms with Crippen LogP contribution in [0.2, 0.25) is 0 Å². The highest BCUT2D eigenvalue weighted by atomic mass is 19.1. The molecule has 0 aliphatic heterocycles. The van der Waals surface area contributed by atoms with E-state index in [1.54, 1.807) is 35.0 Å². The van der Waals surface area contributed by atoms with Crippen molar-refractivity contribution < 1.29 is 13.9 Å². The highest BCUT2D eigenvalue weighted by Crippen LogP contribution is 2.29. The highest BCUT2D eigenvalue weighted by Gasteiger charge is 2.14. The molecule has 7 nitrogen and oxygen atoms in total. The molecule has 27 heavy (non-hydrogen) atoms. The molecule has 0 unspecified atom stereocenters. The molecular formula is C19H14FN5O2. The van der Waals surface area contributed by atoms with Crippen molar-refractivity contribution >= 4 is 17.1 Å². The molecule has 134 valence electrons. The Morgan fingerprint density at radius 3 is 2.85 bits per heavy atom. The lowest BCUT2D eigenvalue weighted by atomic mass is 10.2. The number of nitrogens with zero attached hydrogens (tertiary/aromatic N) is 4. The van der Waals surface area contributed by atoms with Crippen LogP contribution in [-0.4, -0.2) is 25.5 Å². The summed E-state index contributed by atoms with van der Waals surface area (Å²) in [6.07, 6.45) is 4.62. The van der Waals surface area contributed by atoms with Crippen LogP contribution in [0.25, 0.3) is 5.52 Å². The first kappa shape index (κ1) is 16.6. The van der Waals surface area contributed by atoms with Gasteiger partial charge >= 0.3 is 0 Å². The Hall–Kier alpha value is -3.81. The van der Waals surface area contributed by atoms with Gasteiger partial charge in [0.2, 0.25) is 5.88 Å². The van der Waals surface area contributed by atoms with Crippen molar-refractivity contribution in [2.24, 2.45) is 0 Å². The molecule has 0 fully saturated rings. The third kappa shape index (κ3) is 3.32. The zero-order chi connectivity index (χ0) is 18.8. The van der Waals surface area contributed by atoms with Crippen molar-refractivity contribution in [3.05, 3.63) is 78.3 Å². The third-order valence-corrected chi connectivity index (χ3v) is 3.92. The molecule has 0 radical (unpaired) electrons. The summed E-state index contributed by atoms with van der Waals surface area (Å²) in [4.78, 5) is 20.2. The lowest BCUT2D eigenvalue weighted by Crippen LogP contribution is -2.13. The summed E-state index contributed by atoms with van der Waals surface area (Å²) in [5.74, 6) is -0.816. The second kappa shape index (κ2) is 6.83. The van der Waals surface area contributed by atoms with Gasteiger partial charge in [0.25, 0.3) is 5.91 Å². The molecule has 4 aromatic rings. The van der Waals surface area contributed by atoms with E-state index in [2.05, 4.69) is 20.4 Å².